The van der Waals surface area contributed by atoms with Gasteiger partial charge in [-0.25, -0.2) is 9.67 Å². The van der Waals surface area contributed by atoms with Gasteiger partial charge in [0.25, 0.3) is 0 Å². The lowest BCUT2D eigenvalue weighted by molar-refractivity contribution is -0.130. The highest BCUT2D eigenvalue weighted by Gasteiger charge is 2.30. The molecular formula is C19H21N5O. The van der Waals surface area contributed by atoms with Crippen LogP contribution < -0.4 is 0 Å². The van der Waals surface area contributed by atoms with Crippen molar-refractivity contribution in [2.24, 2.45) is 0 Å². The van der Waals surface area contributed by atoms with Crippen LogP contribution in [0.1, 0.15) is 36.0 Å². The van der Waals surface area contributed by atoms with E-state index in [0.29, 0.717) is 18.9 Å². The van der Waals surface area contributed by atoms with Crippen LogP contribution in [-0.2, 0) is 24.2 Å². The lowest BCUT2D eigenvalue weighted by atomic mass is 10.1. The highest BCUT2D eigenvalue weighted by atomic mass is 16.2. The van der Waals surface area contributed by atoms with Crippen LogP contribution >= 0.6 is 0 Å². The lowest BCUT2D eigenvalue weighted by Gasteiger charge is -2.19. The van der Waals surface area contributed by atoms with Crippen LogP contribution in [0.15, 0.2) is 30.5 Å². The third kappa shape index (κ3) is 2.71. The lowest BCUT2D eigenvalue weighted by Crippen LogP contribution is -2.34. The molecule has 2 aliphatic rings. The summed E-state index contributed by atoms with van der Waals surface area (Å²) < 4.78 is 2.01. The highest BCUT2D eigenvalue weighted by molar-refractivity contribution is 5.88. The number of para-hydroxylation sites is 1. The first-order valence-corrected chi connectivity index (χ1v) is 9.04. The predicted molar refractivity (Wildman–Crippen MR) is 94.3 cm³/mol. The number of hydrogen-bond acceptors (Lipinski definition) is 3. The van der Waals surface area contributed by atoms with E-state index in [-0.39, 0.29) is 5.91 Å². The number of benzene rings is 1. The second-order valence-corrected chi connectivity index (χ2v) is 7.05. The number of carbonyl (C=O) groups is 1. The molecule has 0 saturated heterocycles. The average Bonchev–Trinajstić information content (AvgIpc) is 3.34. The van der Waals surface area contributed by atoms with Crippen molar-refractivity contribution in [1.29, 1.82) is 0 Å². The molecule has 6 heteroatoms. The topological polar surface area (TPSA) is 66.8 Å². The molecule has 3 heterocycles. The van der Waals surface area contributed by atoms with Crippen molar-refractivity contribution in [1.82, 2.24) is 24.6 Å². The molecule has 6 nitrogen and oxygen atoms in total. The number of aromatic nitrogens is 4. The second kappa shape index (κ2) is 5.72. The van der Waals surface area contributed by atoms with Crippen LogP contribution in [0, 0.1) is 0 Å². The Labute approximate surface area is 145 Å². The Hall–Kier alpha value is -2.63. The number of nitrogens with zero attached hydrogens (tertiary/aromatic N) is 4. The van der Waals surface area contributed by atoms with Gasteiger partial charge in [0.1, 0.15) is 5.82 Å². The molecule has 1 N–H and O–H groups in total. The van der Waals surface area contributed by atoms with Crippen molar-refractivity contribution in [3.05, 3.63) is 47.7 Å². The smallest absolute Gasteiger partial charge is 0.227 e. The summed E-state index contributed by atoms with van der Waals surface area (Å²) in [4.78, 5) is 22.7. The van der Waals surface area contributed by atoms with E-state index in [1.165, 1.54) is 12.8 Å². The molecule has 0 atom stereocenters. The molecule has 3 aromatic rings. The maximum Gasteiger partial charge on any atom is 0.227 e. The van der Waals surface area contributed by atoms with Gasteiger partial charge in [-0.05, 0) is 24.5 Å². The predicted octanol–water partition coefficient (Wildman–Crippen LogP) is 2.26. The van der Waals surface area contributed by atoms with Crippen LogP contribution in [0.3, 0.4) is 0 Å². The average molecular weight is 335 g/mol. The summed E-state index contributed by atoms with van der Waals surface area (Å²) in [5.74, 6) is 2.80. The summed E-state index contributed by atoms with van der Waals surface area (Å²) in [5, 5.41) is 5.78. The molecule has 1 aliphatic carbocycles. The third-order valence-electron chi connectivity index (χ3n) is 5.26. The molecule has 5 rings (SSSR count). The van der Waals surface area contributed by atoms with Crippen molar-refractivity contribution < 1.29 is 4.79 Å². The van der Waals surface area contributed by atoms with Gasteiger partial charge >= 0.3 is 0 Å². The number of fused-ring (bicyclic) bond motifs is 2. The van der Waals surface area contributed by atoms with Crippen molar-refractivity contribution in [3.8, 4) is 0 Å². The van der Waals surface area contributed by atoms with Crippen LogP contribution in [0.2, 0.25) is 0 Å². The SMILES string of the molecule is O=C(Cc1c[nH]c2ccccc12)N1CCc2nc(C3CC3)nn2CC1. The van der Waals surface area contributed by atoms with Gasteiger partial charge in [-0.3, -0.25) is 4.79 Å². The fourth-order valence-electron chi connectivity index (χ4n) is 3.64. The first-order chi connectivity index (χ1) is 12.3. The van der Waals surface area contributed by atoms with Gasteiger partial charge in [-0.15, -0.1) is 0 Å². The van der Waals surface area contributed by atoms with Crippen LogP contribution in [0.25, 0.3) is 10.9 Å². The van der Waals surface area contributed by atoms with Gasteiger partial charge in [0, 0.05) is 42.5 Å². The van der Waals surface area contributed by atoms with E-state index < -0.39 is 0 Å². The summed E-state index contributed by atoms with van der Waals surface area (Å²) in [5.41, 5.74) is 2.15. The summed E-state index contributed by atoms with van der Waals surface area (Å²) in [6, 6.07) is 8.12. The van der Waals surface area contributed by atoms with Crippen molar-refractivity contribution in [2.75, 3.05) is 13.1 Å². The third-order valence-corrected chi connectivity index (χ3v) is 5.26. The van der Waals surface area contributed by atoms with Crippen molar-refractivity contribution in [3.63, 3.8) is 0 Å². The number of H-pyrrole nitrogens is 1. The minimum Gasteiger partial charge on any atom is -0.361 e. The molecule has 0 spiro atoms. The van der Waals surface area contributed by atoms with Crippen molar-refractivity contribution in [2.45, 2.75) is 38.1 Å². The molecule has 1 saturated carbocycles. The quantitative estimate of drug-likeness (QED) is 0.798. The minimum atomic E-state index is 0.179. The van der Waals surface area contributed by atoms with Gasteiger partial charge < -0.3 is 9.88 Å². The number of aromatic amines is 1. The molecule has 0 bridgehead atoms. The Bertz CT molecular complexity index is 911. The molecule has 0 radical (unpaired) electrons. The molecule has 2 aromatic heterocycles. The van der Waals surface area contributed by atoms with E-state index in [1.807, 2.05) is 34.0 Å². The van der Waals surface area contributed by atoms with Gasteiger partial charge in [-0.2, -0.15) is 5.10 Å². The Kier molecular flexibility index (Phi) is 3.36. The number of nitrogens with one attached hydrogen (secondary N) is 1. The molecule has 1 aliphatic heterocycles. The van der Waals surface area contributed by atoms with E-state index in [9.17, 15) is 4.79 Å². The fourth-order valence-corrected chi connectivity index (χ4v) is 3.64. The van der Waals surface area contributed by atoms with Crippen molar-refractivity contribution >= 4 is 16.8 Å². The normalized spacial score (nSPS) is 17.5. The monoisotopic (exact) mass is 335 g/mol. The summed E-state index contributed by atoms with van der Waals surface area (Å²) in [7, 11) is 0. The van der Waals surface area contributed by atoms with Gasteiger partial charge in [0.15, 0.2) is 5.82 Å². The number of carbonyl (C=O) groups excluding carboxylic acids is 1. The molecule has 1 aromatic carbocycles. The first-order valence-electron chi connectivity index (χ1n) is 9.04. The second-order valence-electron chi connectivity index (χ2n) is 7.05. The summed E-state index contributed by atoms with van der Waals surface area (Å²) in [6.45, 7) is 2.18. The van der Waals surface area contributed by atoms with Crippen LogP contribution in [-0.4, -0.2) is 43.6 Å². The minimum absolute atomic E-state index is 0.179. The molecule has 128 valence electrons. The molecule has 1 fully saturated rings. The maximum absolute atomic E-state index is 12.8. The fraction of sp³-hybridized carbons (Fsp3) is 0.421. The van der Waals surface area contributed by atoms with E-state index in [4.69, 9.17) is 4.98 Å². The van der Waals surface area contributed by atoms with E-state index in [0.717, 1.165) is 47.6 Å². The highest BCUT2D eigenvalue weighted by Crippen LogP contribution is 2.38. The first kappa shape index (κ1) is 14.7. The van der Waals surface area contributed by atoms with E-state index >= 15 is 0 Å². The van der Waals surface area contributed by atoms with Crippen LogP contribution in [0.5, 0.6) is 0 Å². The standard InChI is InChI=1S/C19H21N5O/c25-18(11-14-12-20-16-4-2-1-3-15(14)16)23-8-7-17-21-19(13-5-6-13)22-24(17)10-9-23/h1-4,12-13,20H,5-11H2. The Balaban J connectivity index is 1.29. The molecule has 25 heavy (non-hydrogen) atoms. The van der Waals surface area contributed by atoms with E-state index in [2.05, 4.69) is 16.1 Å². The largest absolute Gasteiger partial charge is 0.361 e. The zero-order chi connectivity index (χ0) is 16.8. The summed E-state index contributed by atoms with van der Waals surface area (Å²) >= 11 is 0. The zero-order valence-electron chi connectivity index (χ0n) is 14.1. The van der Waals surface area contributed by atoms with Gasteiger partial charge in [-0.1, -0.05) is 18.2 Å². The van der Waals surface area contributed by atoms with Crippen LogP contribution in [0.4, 0.5) is 0 Å². The molecule has 1 amide bonds. The number of rotatable bonds is 3. The Morgan fingerprint density at radius 2 is 2.08 bits per heavy atom. The summed E-state index contributed by atoms with van der Waals surface area (Å²) in [6.07, 6.45) is 5.62. The molecular weight excluding hydrogens is 314 g/mol. The van der Waals surface area contributed by atoms with Gasteiger partial charge in [0.05, 0.1) is 13.0 Å². The number of hydrogen-bond donors (Lipinski definition) is 1. The van der Waals surface area contributed by atoms with Gasteiger partial charge in [0.2, 0.25) is 5.91 Å². The zero-order valence-corrected chi connectivity index (χ0v) is 14.1. The maximum atomic E-state index is 12.8. The number of amides is 1. The Morgan fingerprint density at radius 3 is 2.96 bits per heavy atom. The molecule has 0 unspecified atom stereocenters. The Morgan fingerprint density at radius 1 is 1.20 bits per heavy atom. The van der Waals surface area contributed by atoms with E-state index in [1.54, 1.807) is 0 Å².